The smallest absolute Gasteiger partial charge is 0.255 e. The molecule has 0 unspecified atom stereocenters. The first kappa shape index (κ1) is 24.0. The van der Waals surface area contributed by atoms with Gasteiger partial charge in [-0.1, -0.05) is 47.1 Å². The van der Waals surface area contributed by atoms with Crippen LogP contribution in [0.25, 0.3) is 16.3 Å². The van der Waals surface area contributed by atoms with E-state index < -0.39 is 10.0 Å². The van der Waals surface area contributed by atoms with Crippen LogP contribution in [-0.2, 0) is 23.2 Å². The Balaban J connectivity index is 1.18. The van der Waals surface area contributed by atoms with Crippen LogP contribution in [0.15, 0.2) is 84.4 Å². The molecule has 5 rings (SSSR count). The molecule has 3 aromatic carbocycles. The van der Waals surface area contributed by atoms with Gasteiger partial charge in [0.15, 0.2) is 0 Å². The highest BCUT2D eigenvalue weighted by molar-refractivity contribution is 7.95. The topological polar surface area (TPSA) is 99.0 Å². The maximum atomic E-state index is 12.5. The van der Waals surface area contributed by atoms with Crippen LogP contribution in [-0.4, -0.2) is 28.4 Å². The molecule has 0 aliphatic carbocycles. The summed E-state index contributed by atoms with van der Waals surface area (Å²) in [5.41, 5.74) is 2.67. The van der Waals surface area contributed by atoms with E-state index in [2.05, 4.69) is 20.0 Å². The van der Waals surface area contributed by atoms with Gasteiger partial charge >= 0.3 is 0 Å². The molecule has 0 radical (unpaired) electrons. The molecule has 0 spiro atoms. The summed E-state index contributed by atoms with van der Waals surface area (Å²) in [6, 6.07) is 21.6. The zero-order valence-corrected chi connectivity index (χ0v) is 21.2. The minimum absolute atomic E-state index is 0.185. The molecular weight excluding hydrogens is 518 g/mol. The minimum atomic E-state index is -3.73. The molecular formula is C25H20ClN5O3S2. The number of halogens is 1. The van der Waals surface area contributed by atoms with Crippen LogP contribution in [0.3, 0.4) is 0 Å². The average Bonchev–Trinajstić information content (AvgIpc) is 3.48. The van der Waals surface area contributed by atoms with Gasteiger partial charge in [-0.15, -0.1) is 16.4 Å². The summed E-state index contributed by atoms with van der Waals surface area (Å²) in [6.45, 7) is 0.705. The van der Waals surface area contributed by atoms with E-state index in [0.29, 0.717) is 34.3 Å². The van der Waals surface area contributed by atoms with E-state index in [0.717, 1.165) is 20.6 Å². The number of nitrogens with zero attached hydrogens (tertiary/aromatic N) is 4. The lowest BCUT2D eigenvalue weighted by Crippen LogP contribution is -2.09. The van der Waals surface area contributed by atoms with E-state index in [-0.39, 0.29) is 6.61 Å². The number of hydrogen-bond acceptors (Lipinski definition) is 7. The predicted molar refractivity (Wildman–Crippen MR) is 143 cm³/mol. The predicted octanol–water partition coefficient (Wildman–Crippen LogP) is 5.58. The number of sulfonamides is 1. The number of ether oxygens (including phenoxy) is 1. The van der Waals surface area contributed by atoms with E-state index in [1.54, 1.807) is 70.7 Å². The fourth-order valence-electron chi connectivity index (χ4n) is 3.39. The molecule has 1 N–H and O–H groups in total. The fraction of sp³-hybridized carbons (Fsp3) is 0.0800. The van der Waals surface area contributed by atoms with Gasteiger partial charge in [0.1, 0.15) is 23.1 Å². The number of anilines is 1. The summed E-state index contributed by atoms with van der Waals surface area (Å²) < 4.78 is 36.1. The Labute approximate surface area is 216 Å². The van der Waals surface area contributed by atoms with E-state index in [4.69, 9.17) is 16.3 Å². The van der Waals surface area contributed by atoms with Crippen LogP contribution in [0.5, 0.6) is 5.75 Å². The summed E-state index contributed by atoms with van der Waals surface area (Å²) in [5.74, 6) is 0.495. The van der Waals surface area contributed by atoms with Gasteiger partial charge in [0.2, 0.25) is 0 Å². The van der Waals surface area contributed by atoms with E-state index in [9.17, 15) is 8.42 Å². The normalized spacial score (nSPS) is 11.8. The SMILES string of the molecule is O=S(=O)(/C=C/c1cccc(Cl)c1)Nc1cccc(OCc2cn(Cc3nc4ccccc4s3)nn2)c1. The molecule has 0 atom stereocenters. The van der Waals surface area contributed by atoms with Crippen molar-refractivity contribution in [2.24, 2.45) is 0 Å². The second-order valence-corrected chi connectivity index (χ2v) is 10.9. The third-order valence-corrected chi connectivity index (χ3v) is 7.26. The van der Waals surface area contributed by atoms with Crippen molar-refractivity contribution in [3.05, 3.63) is 106 Å². The van der Waals surface area contributed by atoms with Crippen molar-refractivity contribution in [3.8, 4) is 5.75 Å². The van der Waals surface area contributed by atoms with Crippen molar-refractivity contribution in [2.75, 3.05) is 4.72 Å². The Hall–Kier alpha value is -3.73. The van der Waals surface area contributed by atoms with E-state index in [1.165, 1.54) is 6.08 Å². The molecule has 0 aliphatic heterocycles. The average molecular weight is 538 g/mol. The molecule has 0 aliphatic rings. The largest absolute Gasteiger partial charge is 0.487 e. The highest BCUT2D eigenvalue weighted by Gasteiger charge is 2.09. The number of hydrogen-bond donors (Lipinski definition) is 1. The monoisotopic (exact) mass is 537 g/mol. The van der Waals surface area contributed by atoms with Crippen LogP contribution in [0.1, 0.15) is 16.3 Å². The molecule has 11 heteroatoms. The van der Waals surface area contributed by atoms with Crippen LogP contribution in [0.2, 0.25) is 5.02 Å². The number of rotatable bonds is 9. The van der Waals surface area contributed by atoms with Gasteiger partial charge in [0.05, 0.1) is 34.1 Å². The second kappa shape index (κ2) is 10.5. The van der Waals surface area contributed by atoms with Crippen molar-refractivity contribution in [3.63, 3.8) is 0 Å². The molecule has 182 valence electrons. The number of benzene rings is 3. The third kappa shape index (κ3) is 6.28. The summed E-state index contributed by atoms with van der Waals surface area (Å²) in [6.07, 6.45) is 3.28. The fourth-order valence-corrected chi connectivity index (χ4v) is 5.41. The van der Waals surface area contributed by atoms with Crippen molar-refractivity contribution < 1.29 is 13.2 Å². The van der Waals surface area contributed by atoms with Crippen LogP contribution in [0, 0.1) is 0 Å². The van der Waals surface area contributed by atoms with Gasteiger partial charge in [0, 0.05) is 11.1 Å². The molecule has 0 fully saturated rings. The Kier molecular flexibility index (Phi) is 6.99. The van der Waals surface area contributed by atoms with E-state index in [1.807, 2.05) is 24.3 Å². The number of para-hydroxylation sites is 1. The Morgan fingerprint density at radius 2 is 1.92 bits per heavy atom. The molecule has 5 aromatic rings. The second-order valence-electron chi connectivity index (χ2n) is 7.80. The van der Waals surface area contributed by atoms with Crippen molar-refractivity contribution >= 4 is 54.9 Å². The molecule has 2 aromatic heterocycles. The maximum Gasteiger partial charge on any atom is 0.255 e. The third-order valence-electron chi connectivity index (χ3n) is 4.99. The lowest BCUT2D eigenvalue weighted by Gasteiger charge is -2.08. The first-order valence-electron chi connectivity index (χ1n) is 10.8. The lowest BCUT2D eigenvalue weighted by molar-refractivity contribution is 0.301. The molecule has 2 heterocycles. The van der Waals surface area contributed by atoms with Gasteiger partial charge in [-0.25, -0.2) is 18.1 Å². The quantitative estimate of drug-likeness (QED) is 0.263. The van der Waals surface area contributed by atoms with Gasteiger partial charge in [-0.2, -0.15) is 0 Å². The van der Waals surface area contributed by atoms with E-state index >= 15 is 0 Å². The highest BCUT2D eigenvalue weighted by Crippen LogP contribution is 2.23. The summed E-state index contributed by atoms with van der Waals surface area (Å²) >= 11 is 7.57. The van der Waals surface area contributed by atoms with Gasteiger partial charge in [0.25, 0.3) is 10.0 Å². The number of fused-ring (bicyclic) bond motifs is 1. The van der Waals surface area contributed by atoms with Crippen molar-refractivity contribution in [1.82, 2.24) is 20.0 Å². The molecule has 8 nitrogen and oxygen atoms in total. The highest BCUT2D eigenvalue weighted by atomic mass is 35.5. The first-order valence-corrected chi connectivity index (χ1v) is 13.6. The molecule has 0 bridgehead atoms. The first-order chi connectivity index (χ1) is 17.4. The van der Waals surface area contributed by atoms with Crippen LogP contribution < -0.4 is 9.46 Å². The lowest BCUT2D eigenvalue weighted by atomic mass is 10.2. The van der Waals surface area contributed by atoms with Gasteiger partial charge in [-0.3, -0.25) is 4.72 Å². The van der Waals surface area contributed by atoms with Crippen molar-refractivity contribution in [1.29, 1.82) is 0 Å². The van der Waals surface area contributed by atoms with Crippen LogP contribution >= 0.6 is 22.9 Å². The standard InChI is InChI=1S/C25H20ClN5O3S2/c26-19-6-3-5-18(13-19)11-12-36(32,33)29-20-7-4-8-22(14-20)34-17-21-15-31(30-28-21)16-25-27-23-9-1-2-10-24(23)35-25/h1-15,29H,16-17H2/b12-11+. The van der Waals surface area contributed by atoms with Crippen molar-refractivity contribution in [2.45, 2.75) is 13.2 Å². The number of nitrogens with one attached hydrogen (secondary N) is 1. The summed E-state index contributed by atoms with van der Waals surface area (Å²) in [5, 5.41) is 10.9. The maximum absolute atomic E-state index is 12.5. The Morgan fingerprint density at radius 1 is 1.06 bits per heavy atom. The van der Waals surface area contributed by atoms with Gasteiger partial charge in [-0.05, 0) is 48.0 Å². The summed E-state index contributed by atoms with van der Waals surface area (Å²) in [4.78, 5) is 4.62. The zero-order chi connectivity index (χ0) is 25.0. The molecule has 36 heavy (non-hydrogen) atoms. The zero-order valence-electron chi connectivity index (χ0n) is 18.8. The summed E-state index contributed by atoms with van der Waals surface area (Å²) in [7, 11) is -3.73. The molecule has 0 saturated heterocycles. The number of aromatic nitrogens is 4. The number of thiazole rings is 1. The molecule has 0 saturated carbocycles. The molecule has 0 amide bonds. The Bertz CT molecular complexity index is 1610. The van der Waals surface area contributed by atoms with Gasteiger partial charge < -0.3 is 4.74 Å². The van der Waals surface area contributed by atoms with Crippen LogP contribution in [0.4, 0.5) is 5.69 Å². The Morgan fingerprint density at radius 3 is 2.78 bits per heavy atom. The minimum Gasteiger partial charge on any atom is -0.487 e.